The monoisotopic (exact) mass is 186 g/mol. The minimum Gasteiger partial charge on any atom is -0.415 e. The Balaban J connectivity index is 2.81. The molecule has 0 aliphatic carbocycles. The topological polar surface area (TPSA) is 18.5 Å². The van der Waals surface area contributed by atoms with Gasteiger partial charge < -0.3 is 9.16 Å². The lowest BCUT2D eigenvalue weighted by molar-refractivity contribution is 0.102. The maximum atomic E-state index is 5.33. The number of rotatable bonds is 8. The van der Waals surface area contributed by atoms with Gasteiger partial charge in [-0.25, -0.2) is 0 Å². The van der Waals surface area contributed by atoms with Gasteiger partial charge in [0.2, 0.25) is 9.76 Å². The first kappa shape index (κ1) is 11.9. The molecule has 0 aliphatic rings. The minimum absolute atomic E-state index is 0.584. The van der Waals surface area contributed by atoms with Crippen LogP contribution in [0.2, 0.25) is 6.04 Å². The van der Waals surface area contributed by atoms with Gasteiger partial charge in [-0.15, -0.1) is 0 Å². The Hall–Kier alpha value is -0.123. The van der Waals surface area contributed by atoms with Crippen LogP contribution in [-0.4, -0.2) is 29.6 Å². The van der Waals surface area contributed by atoms with Crippen molar-refractivity contribution in [2.45, 2.75) is 26.3 Å². The third-order valence-corrected chi connectivity index (χ3v) is 2.03. The van der Waals surface area contributed by atoms with Crippen LogP contribution in [0.3, 0.4) is 0 Å². The van der Waals surface area contributed by atoms with Crippen LogP contribution in [0.1, 0.15) is 20.3 Å². The van der Waals surface area contributed by atoms with Gasteiger partial charge in [0.1, 0.15) is 0 Å². The molecule has 0 spiro atoms. The van der Waals surface area contributed by atoms with Gasteiger partial charge in [-0.1, -0.05) is 19.1 Å². The molecule has 0 amide bonds. The van der Waals surface area contributed by atoms with Crippen LogP contribution >= 0.6 is 0 Å². The van der Waals surface area contributed by atoms with Crippen molar-refractivity contribution in [2.24, 2.45) is 0 Å². The fraction of sp³-hybridized carbons (Fsp3) is 0.778. The van der Waals surface area contributed by atoms with Gasteiger partial charge in [0.05, 0.1) is 13.2 Å². The molecule has 12 heavy (non-hydrogen) atoms. The third kappa shape index (κ3) is 9.88. The standard InChI is InChI=1S/C9H18O2Si/c1-3-5-9-12-11-8-7-10-6-4-2/h3,5H,4,6-9H2,1-2H3/b5-3+. The molecule has 0 saturated carbocycles. The van der Waals surface area contributed by atoms with Crippen LogP contribution in [0.4, 0.5) is 0 Å². The van der Waals surface area contributed by atoms with Crippen molar-refractivity contribution in [3.8, 4) is 0 Å². The molecule has 0 aliphatic heterocycles. The van der Waals surface area contributed by atoms with Crippen LogP contribution in [0.15, 0.2) is 12.2 Å². The van der Waals surface area contributed by atoms with Crippen LogP contribution in [0, 0.1) is 0 Å². The van der Waals surface area contributed by atoms with Crippen molar-refractivity contribution in [3.05, 3.63) is 12.2 Å². The highest BCUT2D eigenvalue weighted by atomic mass is 28.2. The zero-order chi connectivity index (χ0) is 9.07. The van der Waals surface area contributed by atoms with Crippen LogP contribution < -0.4 is 0 Å². The summed E-state index contributed by atoms with van der Waals surface area (Å²) >= 11 is 0. The molecule has 0 rings (SSSR count). The van der Waals surface area contributed by atoms with E-state index < -0.39 is 0 Å². The molecule has 0 aromatic heterocycles. The average Bonchev–Trinajstić information content (AvgIpc) is 2.10. The molecule has 0 N–H and O–H groups in total. The van der Waals surface area contributed by atoms with Crippen molar-refractivity contribution in [2.75, 3.05) is 19.8 Å². The van der Waals surface area contributed by atoms with Gasteiger partial charge in [0.15, 0.2) is 0 Å². The van der Waals surface area contributed by atoms with E-state index in [4.69, 9.17) is 9.16 Å². The Morgan fingerprint density at radius 2 is 2.08 bits per heavy atom. The van der Waals surface area contributed by atoms with E-state index >= 15 is 0 Å². The molecule has 0 fully saturated rings. The lowest BCUT2D eigenvalue weighted by Gasteiger charge is -2.01. The van der Waals surface area contributed by atoms with E-state index in [0.717, 1.165) is 32.3 Å². The Kier molecular flexibility index (Phi) is 10.8. The Bertz CT molecular complexity index is 105. The number of ether oxygens (including phenoxy) is 1. The highest BCUT2D eigenvalue weighted by Gasteiger charge is 1.88. The third-order valence-electron chi connectivity index (χ3n) is 1.22. The SMILES string of the molecule is C/C=C/C[Si]OCCOCCC. The van der Waals surface area contributed by atoms with Crippen molar-refractivity contribution in [1.29, 1.82) is 0 Å². The first-order chi connectivity index (χ1) is 5.91. The van der Waals surface area contributed by atoms with E-state index in [9.17, 15) is 0 Å². The molecule has 2 radical (unpaired) electrons. The number of hydrogen-bond acceptors (Lipinski definition) is 2. The molecule has 0 unspecified atom stereocenters. The van der Waals surface area contributed by atoms with Crippen molar-refractivity contribution < 1.29 is 9.16 Å². The average molecular weight is 186 g/mol. The second kappa shape index (κ2) is 10.9. The summed E-state index contributed by atoms with van der Waals surface area (Å²) in [5.41, 5.74) is 0. The zero-order valence-corrected chi connectivity index (χ0v) is 9.01. The number of hydrogen-bond donors (Lipinski definition) is 0. The van der Waals surface area contributed by atoms with E-state index in [1.165, 1.54) is 0 Å². The molecule has 0 atom stereocenters. The molecule has 0 heterocycles. The molecule has 70 valence electrons. The van der Waals surface area contributed by atoms with Crippen LogP contribution in [0.5, 0.6) is 0 Å². The van der Waals surface area contributed by atoms with Crippen molar-refractivity contribution >= 4 is 9.76 Å². The molecule has 0 saturated heterocycles. The minimum atomic E-state index is 0.584. The van der Waals surface area contributed by atoms with E-state index in [1.807, 2.05) is 13.0 Å². The summed E-state index contributed by atoms with van der Waals surface area (Å²) < 4.78 is 10.6. The van der Waals surface area contributed by atoms with Crippen LogP contribution in [0.25, 0.3) is 0 Å². The summed E-state index contributed by atoms with van der Waals surface area (Å²) in [7, 11) is 0.584. The van der Waals surface area contributed by atoms with Crippen molar-refractivity contribution in [1.82, 2.24) is 0 Å². The summed E-state index contributed by atoms with van der Waals surface area (Å²) in [4.78, 5) is 0. The van der Waals surface area contributed by atoms with Crippen molar-refractivity contribution in [3.63, 3.8) is 0 Å². The Morgan fingerprint density at radius 3 is 2.75 bits per heavy atom. The predicted molar refractivity (Wildman–Crippen MR) is 52.4 cm³/mol. The summed E-state index contributed by atoms with van der Waals surface area (Å²) in [6.07, 6.45) is 5.25. The molecule has 0 aromatic rings. The Labute approximate surface area is 77.9 Å². The van der Waals surface area contributed by atoms with Gasteiger partial charge >= 0.3 is 0 Å². The zero-order valence-electron chi connectivity index (χ0n) is 8.01. The second-order valence-electron chi connectivity index (χ2n) is 2.38. The summed E-state index contributed by atoms with van der Waals surface area (Å²) in [6.45, 7) is 6.44. The smallest absolute Gasteiger partial charge is 0.233 e. The highest BCUT2D eigenvalue weighted by molar-refractivity contribution is 6.27. The van der Waals surface area contributed by atoms with E-state index in [-0.39, 0.29) is 0 Å². The van der Waals surface area contributed by atoms with Gasteiger partial charge in [-0.3, -0.25) is 0 Å². The Morgan fingerprint density at radius 1 is 1.25 bits per heavy atom. The first-order valence-corrected chi connectivity index (χ1v) is 5.57. The lowest BCUT2D eigenvalue weighted by Crippen LogP contribution is -2.07. The van der Waals surface area contributed by atoms with Gasteiger partial charge in [0.25, 0.3) is 0 Å². The maximum absolute atomic E-state index is 5.33. The van der Waals surface area contributed by atoms with Crippen LogP contribution in [-0.2, 0) is 9.16 Å². The fourth-order valence-corrected chi connectivity index (χ4v) is 1.32. The van der Waals surface area contributed by atoms with Gasteiger partial charge in [-0.2, -0.15) is 0 Å². The highest BCUT2D eigenvalue weighted by Crippen LogP contribution is 1.85. The maximum Gasteiger partial charge on any atom is 0.233 e. The predicted octanol–water partition coefficient (Wildman–Crippen LogP) is 2.04. The van der Waals surface area contributed by atoms with E-state index in [1.54, 1.807) is 0 Å². The van der Waals surface area contributed by atoms with E-state index in [2.05, 4.69) is 13.0 Å². The molecular weight excluding hydrogens is 168 g/mol. The van der Waals surface area contributed by atoms with Gasteiger partial charge in [-0.05, 0) is 19.4 Å². The molecule has 3 heteroatoms. The molecule has 2 nitrogen and oxygen atoms in total. The second-order valence-corrected chi connectivity index (χ2v) is 3.36. The molecular formula is C9H18O2Si. The van der Waals surface area contributed by atoms with Gasteiger partial charge in [0, 0.05) is 6.61 Å². The largest absolute Gasteiger partial charge is 0.415 e. The molecule has 0 aromatic carbocycles. The summed E-state index contributed by atoms with van der Waals surface area (Å²) in [5, 5.41) is 0. The lowest BCUT2D eigenvalue weighted by atomic mass is 10.5. The molecule has 0 bridgehead atoms. The normalized spacial score (nSPS) is 11.2. The quantitative estimate of drug-likeness (QED) is 0.328. The first-order valence-electron chi connectivity index (χ1n) is 4.45. The van der Waals surface area contributed by atoms with E-state index in [0.29, 0.717) is 9.76 Å². The summed E-state index contributed by atoms with van der Waals surface area (Å²) in [6, 6.07) is 1.03. The summed E-state index contributed by atoms with van der Waals surface area (Å²) in [5.74, 6) is 0. The number of allylic oxidation sites excluding steroid dienone is 2. The fourth-order valence-electron chi connectivity index (χ4n) is 0.644.